The molecule has 0 aliphatic rings. The van der Waals surface area contributed by atoms with Crippen molar-refractivity contribution in [2.45, 2.75) is 23.5 Å². The lowest BCUT2D eigenvalue weighted by molar-refractivity contribution is 0.909. The van der Waals surface area contributed by atoms with Gasteiger partial charge in [0, 0.05) is 12.7 Å². The number of anilines is 1. The second kappa shape index (κ2) is 6.40. The van der Waals surface area contributed by atoms with Gasteiger partial charge in [-0.25, -0.2) is 9.97 Å². The van der Waals surface area contributed by atoms with Gasteiger partial charge in [-0.15, -0.1) is 10.2 Å². The van der Waals surface area contributed by atoms with Crippen LogP contribution in [0.25, 0.3) is 5.65 Å². The molecular formula is C13H13BrN6S. The minimum atomic E-state index is 0.770. The summed E-state index contributed by atoms with van der Waals surface area (Å²) < 4.78 is 2.77. The molecule has 3 rings (SSSR count). The summed E-state index contributed by atoms with van der Waals surface area (Å²) >= 11 is 5.00. The molecule has 0 aliphatic heterocycles. The van der Waals surface area contributed by atoms with Gasteiger partial charge >= 0.3 is 0 Å². The third-order valence-electron chi connectivity index (χ3n) is 2.77. The number of hydrogen-bond acceptors (Lipinski definition) is 6. The predicted molar refractivity (Wildman–Crippen MR) is 85.6 cm³/mol. The Kier molecular flexibility index (Phi) is 4.35. The molecule has 3 heterocycles. The molecule has 8 heteroatoms. The highest BCUT2D eigenvalue weighted by molar-refractivity contribution is 9.10. The second-order valence-corrected chi connectivity index (χ2v) is 6.03. The van der Waals surface area contributed by atoms with Crippen LogP contribution < -0.4 is 5.32 Å². The van der Waals surface area contributed by atoms with E-state index in [-0.39, 0.29) is 0 Å². The van der Waals surface area contributed by atoms with Crippen LogP contribution in [0.1, 0.15) is 13.3 Å². The Morgan fingerprint density at radius 1 is 1.29 bits per heavy atom. The summed E-state index contributed by atoms with van der Waals surface area (Å²) in [5, 5.41) is 13.2. The molecule has 0 radical (unpaired) electrons. The topological polar surface area (TPSA) is 68.0 Å². The van der Waals surface area contributed by atoms with Gasteiger partial charge in [0.05, 0.1) is 4.47 Å². The zero-order valence-electron chi connectivity index (χ0n) is 11.3. The first-order valence-electron chi connectivity index (χ1n) is 6.51. The van der Waals surface area contributed by atoms with Gasteiger partial charge in [-0.2, -0.15) is 0 Å². The van der Waals surface area contributed by atoms with Gasteiger partial charge in [0.25, 0.3) is 0 Å². The largest absolute Gasteiger partial charge is 0.369 e. The first kappa shape index (κ1) is 14.3. The number of nitrogens with zero attached hydrogens (tertiary/aromatic N) is 5. The summed E-state index contributed by atoms with van der Waals surface area (Å²) in [6, 6.07) is 5.80. The van der Waals surface area contributed by atoms with Gasteiger partial charge in [0.1, 0.15) is 17.2 Å². The normalized spacial score (nSPS) is 11.0. The van der Waals surface area contributed by atoms with E-state index in [0.29, 0.717) is 0 Å². The molecule has 0 amide bonds. The van der Waals surface area contributed by atoms with Crippen molar-refractivity contribution in [2.75, 3.05) is 11.9 Å². The van der Waals surface area contributed by atoms with Crippen molar-refractivity contribution in [3.63, 3.8) is 0 Å². The van der Waals surface area contributed by atoms with E-state index in [2.05, 4.69) is 48.3 Å². The lowest BCUT2D eigenvalue weighted by Gasteiger charge is -2.08. The smallest absolute Gasteiger partial charge is 0.201 e. The van der Waals surface area contributed by atoms with Gasteiger partial charge in [-0.1, -0.05) is 13.0 Å². The number of rotatable bonds is 5. The first-order valence-corrected chi connectivity index (χ1v) is 8.12. The number of halogens is 1. The predicted octanol–water partition coefficient (Wildman–Crippen LogP) is 3.25. The molecule has 0 bridgehead atoms. The summed E-state index contributed by atoms with van der Waals surface area (Å²) in [4.78, 5) is 8.56. The molecule has 0 aliphatic carbocycles. The lowest BCUT2D eigenvalue weighted by atomic mass is 10.4. The van der Waals surface area contributed by atoms with E-state index >= 15 is 0 Å². The Hall–Kier alpha value is -1.67. The molecular weight excluding hydrogens is 352 g/mol. The monoisotopic (exact) mass is 364 g/mol. The van der Waals surface area contributed by atoms with E-state index in [1.807, 2.05) is 28.8 Å². The molecule has 3 aromatic heterocycles. The highest BCUT2D eigenvalue weighted by atomic mass is 79.9. The van der Waals surface area contributed by atoms with E-state index in [4.69, 9.17) is 0 Å². The van der Waals surface area contributed by atoms with Gasteiger partial charge in [0.2, 0.25) is 5.16 Å². The van der Waals surface area contributed by atoms with Crippen LogP contribution in [0.5, 0.6) is 0 Å². The Bertz CT molecular complexity index is 759. The van der Waals surface area contributed by atoms with Crippen molar-refractivity contribution >= 4 is 39.2 Å². The highest BCUT2D eigenvalue weighted by Gasteiger charge is 2.13. The van der Waals surface area contributed by atoms with Crippen LogP contribution in [0.3, 0.4) is 0 Å². The Labute approximate surface area is 134 Å². The maximum atomic E-state index is 4.31. The van der Waals surface area contributed by atoms with Crippen LogP contribution in [-0.4, -0.2) is 31.1 Å². The molecule has 6 nitrogen and oxygen atoms in total. The van der Waals surface area contributed by atoms with Gasteiger partial charge in [-0.05, 0) is 46.2 Å². The summed E-state index contributed by atoms with van der Waals surface area (Å²) in [6.07, 6.45) is 4.52. The van der Waals surface area contributed by atoms with Crippen LogP contribution in [-0.2, 0) is 0 Å². The third kappa shape index (κ3) is 3.01. The van der Waals surface area contributed by atoms with Gasteiger partial charge in [0.15, 0.2) is 5.65 Å². The zero-order valence-corrected chi connectivity index (χ0v) is 13.7. The maximum Gasteiger partial charge on any atom is 0.201 e. The number of pyridine rings is 1. The number of aromatic nitrogens is 5. The number of hydrogen-bond donors (Lipinski definition) is 1. The molecule has 0 fully saturated rings. The lowest BCUT2D eigenvalue weighted by Crippen LogP contribution is -2.04. The molecule has 0 spiro atoms. The molecule has 0 unspecified atom stereocenters. The van der Waals surface area contributed by atoms with Crippen molar-refractivity contribution in [3.8, 4) is 0 Å². The van der Waals surface area contributed by atoms with Crippen LogP contribution in [0.15, 0.2) is 45.4 Å². The minimum absolute atomic E-state index is 0.770. The fourth-order valence-electron chi connectivity index (χ4n) is 1.77. The molecule has 1 N–H and O–H groups in total. The van der Waals surface area contributed by atoms with E-state index in [1.165, 1.54) is 11.8 Å². The van der Waals surface area contributed by atoms with E-state index < -0.39 is 0 Å². The van der Waals surface area contributed by atoms with Gasteiger partial charge < -0.3 is 5.32 Å². The fourth-order valence-corrected chi connectivity index (χ4v) is 3.15. The van der Waals surface area contributed by atoms with Crippen molar-refractivity contribution in [1.29, 1.82) is 0 Å². The first-order chi connectivity index (χ1) is 10.3. The summed E-state index contributed by atoms with van der Waals surface area (Å²) in [5.41, 5.74) is 0.814. The third-order valence-corrected chi connectivity index (χ3v) is 4.75. The molecule has 0 saturated heterocycles. The van der Waals surface area contributed by atoms with Crippen molar-refractivity contribution in [3.05, 3.63) is 35.2 Å². The van der Waals surface area contributed by atoms with Crippen molar-refractivity contribution in [2.24, 2.45) is 0 Å². The maximum absolute atomic E-state index is 4.31. The van der Waals surface area contributed by atoms with Crippen molar-refractivity contribution < 1.29 is 0 Å². The number of nitrogens with one attached hydrogen (secondary N) is 1. The quantitative estimate of drug-likeness (QED) is 0.700. The van der Waals surface area contributed by atoms with Crippen LogP contribution in [0.2, 0.25) is 0 Å². The minimum Gasteiger partial charge on any atom is -0.369 e. The summed E-state index contributed by atoms with van der Waals surface area (Å²) in [5.74, 6) is 0.795. The number of fused-ring (bicyclic) bond motifs is 1. The SMILES string of the molecule is CCCNc1ncnc(Sc2nnc3ccccn23)c1Br. The van der Waals surface area contributed by atoms with Crippen LogP contribution in [0.4, 0.5) is 5.82 Å². The standard InChI is InChI=1S/C13H13BrN6S/c1-2-6-15-11-10(14)12(17-8-16-11)21-13-19-18-9-5-3-4-7-20(9)13/h3-5,7-8H,2,6H2,1H3,(H,15,16,17). The van der Waals surface area contributed by atoms with Crippen molar-refractivity contribution in [1.82, 2.24) is 24.6 Å². The highest BCUT2D eigenvalue weighted by Crippen LogP contribution is 2.33. The zero-order chi connectivity index (χ0) is 14.7. The average molecular weight is 365 g/mol. The fraction of sp³-hybridized carbons (Fsp3) is 0.231. The van der Waals surface area contributed by atoms with Gasteiger partial charge in [-0.3, -0.25) is 4.40 Å². The van der Waals surface area contributed by atoms with Crippen LogP contribution in [0, 0.1) is 0 Å². The Balaban J connectivity index is 1.91. The van der Waals surface area contributed by atoms with E-state index in [9.17, 15) is 0 Å². The Morgan fingerprint density at radius 3 is 3.05 bits per heavy atom. The molecule has 0 saturated carbocycles. The Morgan fingerprint density at radius 2 is 2.19 bits per heavy atom. The summed E-state index contributed by atoms with van der Waals surface area (Å²) in [6.45, 7) is 2.98. The molecule has 21 heavy (non-hydrogen) atoms. The second-order valence-electron chi connectivity index (χ2n) is 4.28. The molecule has 108 valence electrons. The van der Waals surface area contributed by atoms with E-state index in [1.54, 1.807) is 6.33 Å². The average Bonchev–Trinajstić information content (AvgIpc) is 2.91. The van der Waals surface area contributed by atoms with Crippen LogP contribution >= 0.6 is 27.7 Å². The molecule has 3 aromatic rings. The summed E-state index contributed by atoms with van der Waals surface area (Å²) in [7, 11) is 0. The van der Waals surface area contributed by atoms with E-state index in [0.717, 1.165) is 39.1 Å². The molecule has 0 aromatic carbocycles. The molecule has 0 atom stereocenters.